The van der Waals surface area contributed by atoms with Gasteiger partial charge in [-0.05, 0) is 209 Å². The van der Waals surface area contributed by atoms with Crippen molar-refractivity contribution in [1.29, 1.82) is 0 Å². The molecule has 0 saturated heterocycles. The van der Waals surface area contributed by atoms with Gasteiger partial charge < -0.3 is 110 Å². The van der Waals surface area contributed by atoms with Crippen LogP contribution in [0.15, 0.2) is 94.7 Å². The molecule has 778 valence electrons. The van der Waals surface area contributed by atoms with E-state index in [9.17, 15) is 33.6 Å². The van der Waals surface area contributed by atoms with Crippen molar-refractivity contribution in [1.82, 2.24) is 145 Å². The average molecular weight is 2050 g/mol. The molecule has 0 radical (unpaired) electrons. The molecule has 38 N–H and O–H groups in total. The third kappa shape index (κ3) is 26.5. The van der Waals surface area contributed by atoms with Crippen LogP contribution in [0.5, 0.6) is 0 Å². The van der Waals surface area contributed by atoms with Crippen LogP contribution in [-0.4, -0.2) is 164 Å². The smallest absolute Gasteiger partial charge is 0.277 e. The molecular formula is C96H121N45O7S. The molecule has 19 aromatic rings. The molecule has 3 aromatic carbocycles. The molecule has 18 heterocycles. The molecule has 53 heteroatoms. The SMILES string of the molecule is C.CC1CCc2nc(N)nc(N)c21.CC1CNc2nc(N)[nH]c(=O)c2C1.CC1CNc2nc(N)[nH]c(=O)c2N1.CCc1c(N)nc(N)[nH]c1=O.Cc1c[nH]c2nc(N)[nH]c(=O)c12.Cc1ccc2c(C)cc3nc(C)[nH]c(=O)c3c2c1.Cc1cnc2[nH]c(N)nc(=S)c2n1.Cc1cnc2nc(N)[nH]c(=O)c2c1C.Cc1cnc2nc(N)nc(N)c2c1C.Cc1nc2ccc(C)c(C)c2c(=O)[nH]1.Cc1nc2nc(N)nc(N)c2nc1C. The van der Waals surface area contributed by atoms with Gasteiger partial charge in [-0.1, -0.05) is 70.2 Å². The van der Waals surface area contributed by atoms with Crippen molar-refractivity contribution in [2.45, 2.75) is 170 Å². The van der Waals surface area contributed by atoms with Crippen molar-refractivity contribution >= 4 is 194 Å². The Morgan fingerprint density at radius 2 is 0.933 bits per heavy atom. The highest BCUT2D eigenvalue weighted by Crippen LogP contribution is 2.35. The first-order valence-electron chi connectivity index (χ1n) is 46.0. The summed E-state index contributed by atoms with van der Waals surface area (Å²) in [5.74, 6) is 6.29. The monoisotopic (exact) mass is 2050 g/mol. The van der Waals surface area contributed by atoms with Crippen LogP contribution in [0.2, 0.25) is 0 Å². The number of anilines is 16. The van der Waals surface area contributed by atoms with Gasteiger partial charge in [-0.2, -0.15) is 49.8 Å². The first kappa shape index (κ1) is 110. The van der Waals surface area contributed by atoms with E-state index >= 15 is 0 Å². The maximum atomic E-state index is 12.1. The number of nitrogen functional groups attached to an aromatic ring is 13. The van der Waals surface area contributed by atoms with Gasteiger partial charge in [0.15, 0.2) is 44.4 Å². The second-order valence-corrected chi connectivity index (χ2v) is 35.5. The van der Waals surface area contributed by atoms with E-state index < -0.39 is 0 Å². The fraction of sp³-hybridized carbons (Fsp3) is 0.292. The van der Waals surface area contributed by atoms with Gasteiger partial charge >= 0.3 is 0 Å². The number of nitrogens with zero attached hydrogens (tertiary/aromatic N) is 20. The summed E-state index contributed by atoms with van der Waals surface area (Å²) in [7, 11) is 0. The first-order chi connectivity index (χ1) is 69.9. The van der Waals surface area contributed by atoms with Gasteiger partial charge in [0.05, 0.1) is 78.1 Å². The molecule has 16 aromatic heterocycles. The Hall–Kier alpha value is -19.0. The molecule has 3 aliphatic rings. The van der Waals surface area contributed by atoms with Crippen LogP contribution in [0, 0.1) is 107 Å². The van der Waals surface area contributed by atoms with Crippen LogP contribution in [0.1, 0.15) is 149 Å². The number of benzene rings is 3. The van der Waals surface area contributed by atoms with Crippen molar-refractivity contribution in [3.63, 3.8) is 0 Å². The summed E-state index contributed by atoms with van der Waals surface area (Å²) in [6.07, 6.45) is 10.2. The highest BCUT2D eigenvalue weighted by atomic mass is 32.1. The number of hydrogen-bond donors (Lipinski definition) is 25. The average Bonchev–Trinajstić information content (AvgIpc) is 1.51. The maximum absolute atomic E-state index is 12.1. The minimum atomic E-state index is -0.252. The molecule has 3 atom stereocenters. The van der Waals surface area contributed by atoms with E-state index in [2.05, 4.69) is 199 Å². The zero-order chi connectivity index (χ0) is 108. The number of rotatable bonds is 1. The molecule has 22 rings (SSSR count). The van der Waals surface area contributed by atoms with Gasteiger partial charge in [0, 0.05) is 43.3 Å². The first-order valence-corrected chi connectivity index (χ1v) is 46.4. The maximum Gasteiger partial charge on any atom is 0.277 e. The standard InChI is InChI=1S/C15H14N2O.C11H12N2O.C9H11N5.C9H10N4O.C8H10N6.C8H12N4O.C8H12N4.C7H11N5O.C7H7N5S.C7H8N4O.C6H10N4O.CH4/c1-8-4-5-11-9(2)7-13-14(12(11)6-8)15(18)17-10(3)16-13;1-6-4-5-9-10(7(6)2)11(14)13-8(3)12-9;1-4-3-12-8-6(5(4)2)7(10)13-9(11)14-8;1-4-3-11-7-6(5(4)2)8(14)13-9(10)12-7;1-3-4(2)12-7-5(11-3)6(9)13-8(10)14-7;1-4-2-5-6(10-3-4)11-8(9)12-7(5)13;1-4-2-3-5-6(4)7(9)12-8(10)11-5;2*1-3-2-9-5-4(10-3)6(13)12-7(8)11-5;1-3-2-9-5-4(3)6(12)11-7(8)10-5;1-2-3-4(7)9-6(8)10-5(3)11;/h4-7H,1-3H3,(H,16,17,18);4-5H,1-3H3,(H,12,13,14);3H,1-2H3,(H4,10,11,12,13,14);3H,1-2H3,(H3,10,11,12,13,14);1-2H3,(H4,9,10,12,13,14);4H,2-3H2,1H3,(H4,9,10,11,12,13);4H,2-3H2,1H3,(H4,9,10,11,12);3,10H,2H2,1H3,(H4,8,9,11,12,13);2H,1H3,(H3,8,9,11,12,13);2H,1H3,(H4,8,9,10,11,12);2H2,1H3,(H5,7,8,9,10,11);1H4. The van der Waals surface area contributed by atoms with E-state index in [1.807, 2.05) is 108 Å². The quantitative estimate of drug-likeness (QED) is 0.0549. The lowest BCUT2D eigenvalue weighted by atomic mass is 9.99. The van der Waals surface area contributed by atoms with Crippen LogP contribution in [0.25, 0.3) is 88.0 Å². The lowest BCUT2D eigenvalue weighted by Crippen LogP contribution is -2.35. The van der Waals surface area contributed by atoms with Crippen molar-refractivity contribution in [2.75, 3.05) is 104 Å². The van der Waals surface area contributed by atoms with E-state index in [0.717, 1.165) is 138 Å². The molecule has 0 bridgehead atoms. The van der Waals surface area contributed by atoms with Gasteiger partial charge in [0.25, 0.3) is 38.9 Å². The normalized spacial score (nSPS) is 13.1. The van der Waals surface area contributed by atoms with Crippen molar-refractivity contribution in [3.05, 3.63) is 239 Å². The highest BCUT2D eigenvalue weighted by molar-refractivity contribution is 7.71. The highest BCUT2D eigenvalue weighted by Gasteiger charge is 2.26. The number of hydrogen-bond acceptors (Lipinski definition) is 44. The zero-order valence-corrected chi connectivity index (χ0v) is 85.3. The van der Waals surface area contributed by atoms with E-state index in [-0.39, 0.29) is 112 Å². The van der Waals surface area contributed by atoms with Crippen molar-refractivity contribution < 1.29 is 0 Å². The van der Waals surface area contributed by atoms with E-state index in [0.29, 0.717) is 141 Å². The summed E-state index contributed by atoms with van der Waals surface area (Å²) in [4.78, 5) is 185. The van der Waals surface area contributed by atoms with Crippen LogP contribution < -0.4 is 129 Å². The number of aromatic amines is 9. The number of aryl methyl sites for hydroxylation is 15. The Bertz CT molecular complexity index is 8650. The zero-order valence-electron chi connectivity index (χ0n) is 84.5. The third-order valence-corrected chi connectivity index (χ3v) is 23.9. The number of aromatic nitrogens is 29. The minimum absolute atomic E-state index is 0. The molecule has 1 aliphatic carbocycles. The second kappa shape index (κ2) is 47.0. The Morgan fingerprint density at radius 1 is 0.396 bits per heavy atom. The van der Waals surface area contributed by atoms with Crippen molar-refractivity contribution in [3.8, 4) is 0 Å². The largest absolute Gasteiger partial charge is 0.383 e. The summed E-state index contributed by atoms with van der Waals surface area (Å²) < 4.78 is 0.377. The summed E-state index contributed by atoms with van der Waals surface area (Å²) in [5, 5.41) is 14.5. The Labute approximate surface area is 853 Å². The van der Waals surface area contributed by atoms with Gasteiger partial charge in [-0.3, -0.25) is 58.5 Å². The van der Waals surface area contributed by atoms with Crippen LogP contribution >= 0.6 is 12.2 Å². The lowest BCUT2D eigenvalue weighted by molar-refractivity contribution is 0.585. The van der Waals surface area contributed by atoms with Crippen LogP contribution in [0.4, 0.5) is 94.1 Å². The number of fused-ring (bicyclic) bond motifs is 12. The molecule has 149 heavy (non-hydrogen) atoms. The summed E-state index contributed by atoms with van der Waals surface area (Å²) in [6.45, 7) is 36.3. The molecule has 3 unspecified atom stereocenters. The van der Waals surface area contributed by atoms with E-state index in [4.69, 9.17) is 86.8 Å². The number of H-pyrrole nitrogens is 9. The second-order valence-electron chi connectivity index (χ2n) is 35.1. The molecule has 0 amide bonds. The summed E-state index contributed by atoms with van der Waals surface area (Å²) >= 11 is 4.99. The van der Waals surface area contributed by atoms with Gasteiger partial charge in [0.2, 0.25) is 53.5 Å². The molecule has 52 nitrogen and oxygen atoms in total. The van der Waals surface area contributed by atoms with Crippen molar-refractivity contribution in [2.24, 2.45) is 5.92 Å². The molecule has 0 saturated carbocycles. The number of nitrogens with two attached hydrogens (primary N) is 13. The molecule has 0 fully saturated rings. The fourth-order valence-electron chi connectivity index (χ4n) is 15.7. The van der Waals surface area contributed by atoms with E-state index in [1.165, 1.54) is 0 Å². The Balaban J connectivity index is 0.000000156. The summed E-state index contributed by atoms with van der Waals surface area (Å²) in [5.41, 5.74) is 90.7. The van der Waals surface area contributed by atoms with Gasteiger partial charge in [0.1, 0.15) is 51.8 Å². The minimum Gasteiger partial charge on any atom is -0.383 e. The fourth-order valence-corrected chi connectivity index (χ4v) is 16.0. The number of pyridine rings is 2. The molecular weight excluding hydrogens is 1930 g/mol. The topological polar surface area (TPSA) is 894 Å². The van der Waals surface area contributed by atoms with Gasteiger partial charge in [-0.15, -0.1) is 0 Å². The van der Waals surface area contributed by atoms with Crippen LogP contribution in [0.3, 0.4) is 0 Å². The van der Waals surface area contributed by atoms with Gasteiger partial charge in [-0.25, -0.2) is 49.8 Å². The Kier molecular flexibility index (Phi) is 34.8. The third-order valence-electron chi connectivity index (χ3n) is 23.6. The van der Waals surface area contributed by atoms with E-state index in [1.54, 1.807) is 38.6 Å². The summed E-state index contributed by atoms with van der Waals surface area (Å²) in [6, 6.07) is 12.3. The molecule has 0 spiro atoms. The number of nitrogens with one attached hydrogen (secondary N) is 12. The molecule has 2 aliphatic heterocycles. The lowest BCUT2D eigenvalue weighted by Gasteiger charge is -2.23. The predicted octanol–water partition coefficient (Wildman–Crippen LogP) is 7.85. The van der Waals surface area contributed by atoms with Crippen LogP contribution in [-0.2, 0) is 19.3 Å². The predicted molar refractivity (Wildman–Crippen MR) is 590 cm³/mol. The Morgan fingerprint density at radius 3 is 1.60 bits per heavy atom.